The summed E-state index contributed by atoms with van der Waals surface area (Å²) in [6.45, 7) is 3.81. The van der Waals surface area contributed by atoms with Crippen LogP contribution in [0.4, 0.5) is 5.69 Å². The predicted molar refractivity (Wildman–Crippen MR) is 120 cm³/mol. The van der Waals surface area contributed by atoms with Gasteiger partial charge in [-0.1, -0.05) is 24.6 Å². The summed E-state index contributed by atoms with van der Waals surface area (Å²) in [5, 5.41) is 2.87. The Bertz CT molecular complexity index is 979. The Hall–Kier alpha value is -2.22. The quantitative estimate of drug-likeness (QED) is 0.731. The molecule has 0 aromatic heterocycles. The predicted octanol–water partition coefficient (Wildman–Crippen LogP) is 3.53. The summed E-state index contributed by atoms with van der Waals surface area (Å²) in [6.07, 6.45) is 3.75. The Kier molecular flexibility index (Phi) is 7.28. The standard InChI is InChI=1S/C23H31N3O3S/c1-18-7-10-20(17-22(18)30(28,29)26-14-5-4-6-15-26)23(27)24-21-11-8-19(9-12-21)13-16-25(2)3/h7-12,17H,4-6,13-16H2,1-3H3,(H,24,27). The largest absolute Gasteiger partial charge is 0.322 e. The van der Waals surface area contributed by atoms with E-state index in [2.05, 4.69) is 10.2 Å². The van der Waals surface area contributed by atoms with Crippen LogP contribution < -0.4 is 5.32 Å². The molecule has 0 unspecified atom stereocenters. The minimum Gasteiger partial charge on any atom is -0.322 e. The number of hydrogen-bond donors (Lipinski definition) is 1. The van der Waals surface area contributed by atoms with E-state index in [0.717, 1.165) is 32.2 Å². The highest BCUT2D eigenvalue weighted by Crippen LogP contribution is 2.25. The Morgan fingerprint density at radius 1 is 1.03 bits per heavy atom. The molecule has 2 aromatic rings. The molecule has 7 heteroatoms. The fourth-order valence-corrected chi connectivity index (χ4v) is 5.34. The Balaban J connectivity index is 1.74. The Morgan fingerprint density at radius 2 is 1.70 bits per heavy atom. The van der Waals surface area contributed by atoms with E-state index in [1.807, 2.05) is 38.4 Å². The first-order valence-corrected chi connectivity index (χ1v) is 11.9. The number of sulfonamides is 1. The third-order valence-corrected chi connectivity index (χ3v) is 7.48. The molecule has 0 atom stereocenters. The van der Waals surface area contributed by atoms with Crippen molar-refractivity contribution in [3.63, 3.8) is 0 Å². The Morgan fingerprint density at radius 3 is 2.33 bits per heavy atom. The maximum atomic E-state index is 13.1. The minimum atomic E-state index is -3.59. The maximum Gasteiger partial charge on any atom is 0.255 e. The van der Waals surface area contributed by atoms with Gasteiger partial charge in [0.25, 0.3) is 5.91 Å². The molecule has 0 spiro atoms. The summed E-state index contributed by atoms with van der Waals surface area (Å²) in [5.41, 5.74) is 2.89. The lowest BCUT2D eigenvalue weighted by atomic mass is 10.1. The van der Waals surface area contributed by atoms with E-state index in [9.17, 15) is 13.2 Å². The summed E-state index contributed by atoms with van der Waals surface area (Å²) in [7, 11) is 0.484. The lowest BCUT2D eigenvalue weighted by molar-refractivity contribution is 0.102. The summed E-state index contributed by atoms with van der Waals surface area (Å²) in [5.74, 6) is -0.314. The number of anilines is 1. The molecule has 1 amide bonds. The number of aryl methyl sites for hydroxylation is 1. The zero-order valence-electron chi connectivity index (χ0n) is 18.0. The van der Waals surface area contributed by atoms with E-state index in [-0.39, 0.29) is 10.8 Å². The van der Waals surface area contributed by atoms with Crippen LogP contribution in [-0.2, 0) is 16.4 Å². The van der Waals surface area contributed by atoms with Crippen molar-refractivity contribution >= 4 is 21.6 Å². The summed E-state index contributed by atoms with van der Waals surface area (Å²) >= 11 is 0. The van der Waals surface area contributed by atoms with Gasteiger partial charge < -0.3 is 10.2 Å². The smallest absolute Gasteiger partial charge is 0.255 e. The van der Waals surface area contributed by atoms with E-state index in [0.29, 0.717) is 29.9 Å². The second-order valence-corrected chi connectivity index (χ2v) is 10.1. The van der Waals surface area contributed by atoms with Gasteiger partial charge in [-0.2, -0.15) is 4.31 Å². The van der Waals surface area contributed by atoms with Crippen LogP contribution in [0, 0.1) is 6.92 Å². The van der Waals surface area contributed by atoms with Crippen molar-refractivity contribution in [2.45, 2.75) is 37.5 Å². The van der Waals surface area contributed by atoms with Gasteiger partial charge in [0, 0.05) is 30.9 Å². The summed E-state index contributed by atoms with van der Waals surface area (Å²) in [6, 6.07) is 12.6. The van der Waals surface area contributed by atoms with Crippen molar-refractivity contribution in [2.75, 3.05) is 39.0 Å². The van der Waals surface area contributed by atoms with Crippen LogP contribution in [0.2, 0.25) is 0 Å². The van der Waals surface area contributed by atoms with Gasteiger partial charge in [0.1, 0.15) is 0 Å². The molecular weight excluding hydrogens is 398 g/mol. The van der Waals surface area contributed by atoms with E-state index in [4.69, 9.17) is 0 Å². The number of amides is 1. The molecule has 3 rings (SSSR count). The highest BCUT2D eigenvalue weighted by Gasteiger charge is 2.28. The Labute approximate surface area is 179 Å². The minimum absolute atomic E-state index is 0.219. The lowest BCUT2D eigenvalue weighted by Crippen LogP contribution is -2.36. The van der Waals surface area contributed by atoms with Crippen LogP contribution in [0.3, 0.4) is 0 Å². The molecule has 1 fully saturated rings. The summed E-state index contributed by atoms with van der Waals surface area (Å²) in [4.78, 5) is 15.1. The zero-order chi connectivity index (χ0) is 21.7. The van der Waals surface area contributed by atoms with Crippen molar-refractivity contribution in [2.24, 2.45) is 0 Å². The van der Waals surface area contributed by atoms with Crippen molar-refractivity contribution in [1.82, 2.24) is 9.21 Å². The normalized spacial score (nSPS) is 15.3. The van der Waals surface area contributed by atoms with Crippen molar-refractivity contribution < 1.29 is 13.2 Å². The third-order valence-electron chi connectivity index (χ3n) is 5.44. The molecule has 1 heterocycles. The van der Waals surface area contributed by atoms with E-state index in [1.54, 1.807) is 19.1 Å². The van der Waals surface area contributed by atoms with Crippen LogP contribution in [-0.4, -0.2) is 57.3 Å². The number of benzene rings is 2. The summed E-state index contributed by atoms with van der Waals surface area (Å²) < 4.78 is 27.7. The molecule has 1 saturated heterocycles. The van der Waals surface area contributed by atoms with Gasteiger partial charge in [-0.3, -0.25) is 4.79 Å². The molecule has 1 N–H and O–H groups in total. The molecule has 0 saturated carbocycles. The zero-order valence-corrected chi connectivity index (χ0v) is 18.8. The van der Waals surface area contributed by atoms with Crippen LogP contribution in [0.15, 0.2) is 47.4 Å². The molecular formula is C23H31N3O3S. The number of likely N-dealkylation sites (N-methyl/N-ethyl adjacent to an activating group) is 1. The van der Waals surface area contributed by atoms with Crippen molar-refractivity contribution in [3.05, 3.63) is 59.2 Å². The average molecular weight is 430 g/mol. The van der Waals surface area contributed by atoms with Gasteiger partial charge in [-0.15, -0.1) is 0 Å². The molecule has 162 valence electrons. The maximum absolute atomic E-state index is 13.1. The van der Waals surface area contributed by atoms with Gasteiger partial charge in [-0.25, -0.2) is 8.42 Å². The first-order valence-electron chi connectivity index (χ1n) is 10.4. The number of piperidine rings is 1. The molecule has 0 aliphatic carbocycles. The van der Waals surface area contributed by atoms with E-state index in [1.165, 1.54) is 15.9 Å². The molecule has 1 aliphatic heterocycles. The SMILES string of the molecule is Cc1ccc(C(=O)Nc2ccc(CCN(C)C)cc2)cc1S(=O)(=O)N1CCCCC1. The number of rotatable bonds is 7. The highest BCUT2D eigenvalue weighted by atomic mass is 32.2. The second-order valence-electron chi connectivity index (χ2n) is 8.15. The van der Waals surface area contributed by atoms with Gasteiger partial charge in [0.2, 0.25) is 10.0 Å². The van der Waals surface area contributed by atoms with Gasteiger partial charge in [-0.05, 0) is 75.7 Å². The van der Waals surface area contributed by atoms with Crippen molar-refractivity contribution in [1.29, 1.82) is 0 Å². The average Bonchev–Trinajstić information content (AvgIpc) is 2.74. The molecule has 2 aromatic carbocycles. The fraction of sp³-hybridized carbons (Fsp3) is 0.435. The van der Waals surface area contributed by atoms with Crippen LogP contribution in [0.5, 0.6) is 0 Å². The highest BCUT2D eigenvalue weighted by molar-refractivity contribution is 7.89. The monoisotopic (exact) mass is 429 g/mol. The fourth-order valence-electron chi connectivity index (χ4n) is 3.57. The first kappa shape index (κ1) is 22.5. The third kappa shape index (κ3) is 5.47. The van der Waals surface area contributed by atoms with Crippen LogP contribution in [0.1, 0.15) is 40.7 Å². The van der Waals surface area contributed by atoms with E-state index < -0.39 is 10.0 Å². The number of carbonyl (C=O) groups excluding carboxylic acids is 1. The lowest BCUT2D eigenvalue weighted by Gasteiger charge is -2.26. The van der Waals surface area contributed by atoms with Gasteiger partial charge in [0.15, 0.2) is 0 Å². The molecule has 30 heavy (non-hydrogen) atoms. The van der Waals surface area contributed by atoms with Gasteiger partial charge >= 0.3 is 0 Å². The van der Waals surface area contributed by atoms with Crippen LogP contribution >= 0.6 is 0 Å². The van der Waals surface area contributed by atoms with Crippen LogP contribution in [0.25, 0.3) is 0 Å². The number of carbonyl (C=O) groups is 1. The molecule has 6 nitrogen and oxygen atoms in total. The molecule has 0 radical (unpaired) electrons. The van der Waals surface area contributed by atoms with E-state index >= 15 is 0 Å². The van der Waals surface area contributed by atoms with Gasteiger partial charge in [0.05, 0.1) is 4.90 Å². The number of hydrogen-bond acceptors (Lipinski definition) is 4. The van der Waals surface area contributed by atoms with Crippen molar-refractivity contribution in [3.8, 4) is 0 Å². The molecule has 1 aliphatic rings. The topological polar surface area (TPSA) is 69.7 Å². The number of nitrogens with one attached hydrogen (secondary N) is 1. The second kappa shape index (κ2) is 9.73. The number of nitrogens with zero attached hydrogens (tertiary/aromatic N) is 2. The first-order chi connectivity index (χ1) is 14.3. The molecule has 0 bridgehead atoms.